The summed E-state index contributed by atoms with van der Waals surface area (Å²) in [5.74, 6) is 0.968. The Hall–Kier alpha value is -2.58. The monoisotopic (exact) mass is 441 g/mol. The highest BCUT2D eigenvalue weighted by molar-refractivity contribution is 7.12. The molecule has 1 aliphatic carbocycles. The van der Waals surface area contributed by atoms with Crippen molar-refractivity contribution in [2.75, 3.05) is 38.0 Å². The highest BCUT2D eigenvalue weighted by Crippen LogP contribution is 2.46. The van der Waals surface area contributed by atoms with E-state index in [1.54, 1.807) is 0 Å². The summed E-state index contributed by atoms with van der Waals surface area (Å²) in [6.07, 6.45) is 5.27. The van der Waals surface area contributed by atoms with Crippen LogP contribution < -0.4 is 14.8 Å². The first-order chi connectivity index (χ1) is 15.1. The number of amides is 2. The number of thiophene rings is 1. The summed E-state index contributed by atoms with van der Waals surface area (Å²) in [5, 5.41) is 4.89. The lowest BCUT2D eigenvalue weighted by Gasteiger charge is -2.34. The van der Waals surface area contributed by atoms with Crippen molar-refractivity contribution >= 4 is 28.8 Å². The van der Waals surface area contributed by atoms with Gasteiger partial charge in [0.2, 0.25) is 5.91 Å². The van der Waals surface area contributed by atoms with Gasteiger partial charge >= 0.3 is 0 Å². The molecule has 0 radical (unpaired) electrons. The number of ether oxygens (including phenoxy) is 2. The molecule has 2 aliphatic heterocycles. The predicted octanol–water partition coefficient (Wildman–Crippen LogP) is 3.58. The van der Waals surface area contributed by atoms with Crippen molar-refractivity contribution < 1.29 is 19.1 Å². The summed E-state index contributed by atoms with van der Waals surface area (Å²) < 4.78 is 12.3. The lowest BCUT2D eigenvalue weighted by molar-refractivity contribution is -0.117. The molecule has 1 saturated heterocycles. The van der Waals surface area contributed by atoms with Crippen LogP contribution in [0.25, 0.3) is 0 Å². The molecule has 2 amide bonds. The molecule has 5 rings (SSSR count). The van der Waals surface area contributed by atoms with E-state index in [4.69, 9.17) is 9.47 Å². The van der Waals surface area contributed by atoms with E-state index in [1.807, 2.05) is 40.6 Å². The number of hydrogen-bond donors (Lipinski definition) is 1. The number of anilines is 1. The van der Waals surface area contributed by atoms with Crippen LogP contribution in [-0.4, -0.2) is 60.1 Å². The third kappa shape index (κ3) is 4.41. The first-order valence-electron chi connectivity index (χ1n) is 11.0. The quantitative estimate of drug-likeness (QED) is 0.785. The molecule has 7 nitrogen and oxygen atoms in total. The topological polar surface area (TPSA) is 71.1 Å². The van der Waals surface area contributed by atoms with E-state index in [1.165, 1.54) is 17.8 Å². The zero-order valence-electron chi connectivity index (χ0n) is 17.5. The molecule has 0 unspecified atom stereocenters. The highest BCUT2D eigenvalue weighted by Gasteiger charge is 2.42. The number of benzene rings is 1. The summed E-state index contributed by atoms with van der Waals surface area (Å²) in [6, 6.07) is 9.34. The van der Waals surface area contributed by atoms with Gasteiger partial charge in [0, 0.05) is 50.8 Å². The van der Waals surface area contributed by atoms with E-state index in [9.17, 15) is 9.59 Å². The predicted molar refractivity (Wildman–Crippen MR) is 119 cm³/mol. The lowest BCUT2D eigenvalue weighted by Crippen LogP contribution is -2.50. The minimum absolute atomic E-state index is 0.0655. The Morgan fingerprint density at radius 1 is 1.00 bits per heavy atom. The third-order valence-electron chi connectivity index (χ3n) is 6.19. The van der Waals surface area contributed by atoms with Gasteiger partial charge in [-0.3, -0.25) is 14.5 Å². The van der Waals surface area contributed by atoms with Gasteiger partial charge in [-0.2, -0.15) is 0 Å². The van der Waals surface area contributed by atoms with Crippen LogP contribution in [-0.2, 0) is 4.79 Å². The fraction of sp³-hybridized carbons (Fsp3) is 0.478. The van der Waals surface area contributed by atoms with Crippen molar-refractivity contribution in [2.24, 2.45) is 0 Å². The normalized spacial score (nSPS) is 20.1. The minimum atomic E-state index is -0.510. The van der Waals surface area contributed by atoms with Crippen LogP contribution in [0.3, 0.4) is 0 Å². The number of carbonyl (C=O) groups is 2. The summed E-state index contributed by atoms with van der Waals surface area (Å²) in [6.45, 7) is 2.95. The Kier molecular flexibility index (Phi) is 5.58. The molecule has 164 valence electrons. The standard InChI is InChI=1S/C23H27N3O4S/c27-21(16-25-10-12-26(13-11-25)22(28)20-5-4-14-31-20)24-17-6-7-18-19(15-17)30-23(29-18)8-2-1-3-9-23/h4-7,14-15H,1-3,8-13,16H2,(H,24,27). The van der Waals surface area contributed by atoms with E-state index < -0.39 is 5.79 Å². The maximum atomic E-state index is 12.6. The van der Waals surface area contributed by atoms with Crippen molar-refractivity contribution in [3.63, 3.8) is 0 Å². The van der Waals surface area contributed by atoms with Gasteiger partial charge in [0.1, 0.15) is 0 Å². The number of nitrogens with zero attached hydrogens (tertiary/aromatic N) is 2. The molecule has 8 heteroatoms. The molecular formula is C23H27N3O4S. The number of carbonyl (C=O) groups excluding carboxylic acids is 2. The average Bonchev–Trinajstić information content (AvgIpc) is 3.42. The van der Waals surface area contributed by atoms with E-state index >= 15 is 0 Å². The molecular weight excluding hydrogens is 414 g/mol. The Morgan fingerprint density at radius 2 is 1.77 bits per heavy atom. The first kappa shape index (κ1) is 20.3. The minimum Gasteiger partial charge on any atom is -0.448 e. The summed E-state index contributed by atoms with van der Waals surface area (Å²) in [5.41, 5.74) is 0.715. The second kappa shape index (κ2) is 8.51. The van der Waals surface area contributed by atoms with E-state index in [0.29, 0.717) is 44.2 Å². The van der Waals surface area contributed by atoms with Crippen molar-refractivity contribution in [3.8, 4) is 11.5 Å². The summed E-state index contributed by atoms with van der Waals surface area (Å²) in [4.78, 5) is 29.7. The van der Waals surface area contributed by atoms with Crippen molar-refractivity contribution in [2.45, 2.75) is 37.9 Å². The Bertz CT molecular complexity index is 948. The van der Waals surface area contributed by atoms with E-state index in [2.05, 4.69) is 10.2 Å². The van der Waals surface area contributed by atoms with Gasteiger partial charge in [0.15, 0.2) is 11.5 Å². The molecule has 1 N–H and O–H groups in total. The molecule has 3 heterocycles. The molecule has 1 saturated carbocycles. The SMILES string of the molecule is O=C(CN1CCN(C(=O)c2cccs2)CC1)Nc1ccc2c(c1)OC1(CCCCC1)O2. The second-order valence-corrected chi connectivity index (χ2v) is 9.38. The molecule has 2 aromatic rings. The second-order valence-electron chi connectivity index (χ2n) is 8.43. The number of rotatable bonds is 4. The van der Waals surface area contributed by atoms with Gasteiger partial charge in [-0.1, -0.05) is 12.5 Å². The van der Waals surface area contributed by atoms with Gasteiger partial charge < -0.3 is 19.7 Å². The average molecular weight is 442 g/mol. The summed E-state index contributed by atoms with van der Waals surface area (Å²) >= 11 is 1.46. The fourth-order valence-corrected chi connectivity index (χ4v) is 5.23. The maximum Gasteiger partial charge on any atom is 0.264 e. The van der Waals surface area contributed by atoms with Crippen LogP contribution in [0.4, 0.5) is 5.69 Å². The van der Waals surface area contributed by atoms with Crippen LogP contribution in [0.1, 0.15) is 41.8 Å². The Balaban J connectivity index is 1.12. The Labute approximate surface area is 185 Å². The van der Waals surface area contributed by atoms with Crippen LogP contribution in [0, 0.1) is 0 Å². The molecule has 2 fully saturated rings. The van der Waals surface area contributed by atoms with Crippen LogP contribution in [0.5, 0.6) is 11.5 Å². The lowest BCUT2D eigenvalue weighted by atomic mass is 9.94. The van der Waals surface area contributed by atoms with Crippen molar-refractivity contribution in [1.29, 1.82) is 0 Å². The van der Waals surface area contributed by atoms with Gasteiger partial charge in [0.25, 0.3) is 11.7 Å². The van der Waals surface area contributed by atoms with E-state index in [-0.39, 0.29) is 11.8 Å². The zero-order chi connectivity index (χ0) is 21.3. The highest BCUT2D eigenvalue weighted by atomic mass is 32.1. The Morgan fingerprint density at radius 3 is 2.52 bits per heavy atom. The molecule has 0 bridgehead atoms. The third-order valence-corrected chi connectivity index (χ3v) is 7.05. The molecule has 31 heavy (non-hydrogen) atoms. The van der Waals surface area contributed by atoms with Crippen molar-refractivity contribution in [1.82, 2.24) is 9.80 Å². The maximum absolute atomic E-state index is 12.6. The molecule has 0 atom stereocenters. The molecule has 1 aromatic heterocycles. The van der Waals surface area contributed by atoms with Gasteiger partial charge in [-0.05, 0) is 36.4 Å². The number of nitrogens with one attached hydrogen (secondary N) is 1. The molecule has 3 aliphatic rings. The molecule has 1 spiro atoms. The summed E-state index contributed by atoms with van der Waals surface area (Å²) in [7, 11) is 0. The van der Waals surface area contributed by atoms with Crippen LogP contribution in [0.15, 0.2) is 35.7 Å². The van der Waals surface area contributed by atoms with Crippen LogP contribution in [0.2, 0.25) is 0 Å². The first-order valence-corrected chi connectivity index (χ1v) is 11.9. The molecule has 1 aromatic carbocycles. The van der Waals surface area contributed by atoms with Crippen molar-refractivity contribution in [3.05, 3.63) is 40.6 Å². The van der Waals surface area contributed by atoms with Gasteiger partial charge in [-0.15, -0.1) is 11.3 Å². The fourth-order valence-electron chi connectivity index (χ4n) is 4.53. The zero-order valence-corrected chi connectivity index (χ0v) is 18.3. The van der Waals surface area contributed by atoms with Gasteiger partial charge in [-0.25, -0.2) is 0 Å². The number of hydrogen-bond acceptors (Lipinski definition) is 6. The number of fused-ring (bicyclic) bond motifs is 1. The van der Waals surface area contributed by atoms with Crippen LogP contribution >= 0.6 is 11.3 Å². The number of piperazine rings is 1. The van der Waals surface area contributed by atoms with Gasteiger partial charge in [0.05, 0.1) is 11.4 Å². The smallest absolute Gasteiger partial charge is 0.264 e. The largest absolute Gasteiger partial charge is 0.448 e. The van der Waals surface area contributed by atoms with E-state index in [0.717, 1.165) is 36.3 Å².